The summed E-state index contributed by atoms with van der Waals surface area (Å²) in [7, 11) is 0. The van der Waals surface area contributed by atoms with Gasteiger partial charge in [0.15, 0.2) is 0 Å². The second-order valence-corrected chi connectivity index (χ2v) is 9.84. The monoisotopic (exact) mass is 367 g/mol. The Kier molecular flexibility index (Phi) is 4.30. The van der Waals surface area contributed by atoms with E-state index < -0.39 is 0 Å². The molecule has 0 aliphatic rings. The van der Waals surface area contributed by atoms with E-state index >= 15 is 0 Å². The average molecular weight is 368 g/mol. The number of aromatic nitrogens is 1. The molecule has 0 N–H and O–H groups in total. The molecule has 142 valence electrons. The Morgan fingerprint density at radius 1 is 0.607 bits per heavy atom. The van der Waals surface area contributed by atoms with E-state index in [0.29, 0.717) is 0 Å². The van der Waals surface area contributed by atoms with Crippen LogP contribution in [0.2, 0.25) is 0 Å². The highest BCUT2D eigenvalue weighted by atomic mass is 14.7. The Bertz CT molecular complexity index is 1170. The third-order valence-electron chi connectivity index (χ3n) is 5.63. The summed E-state index contributed by atoms with van der Waals surface area (Å²) in [5, 5.41) is 5.07. The molecule has 28 heavy (non-hydrogen) atoms. The molecule has 0 fully saturated rings. The lowest BCUT2D eigenvalue weighted by atomic mass is 9.84. The maximum Gasteiger partial charge on any atom is 0.0780 e. The SMILES string of the molecule is CC(C)(C)c1cccc(-c2nccc3c2ccc2cc(C(C)(C)C)ccc23)c1. The Morgan fingerprint density at radius 3 is 2.00 bits per heavy atom. The van der Waals surface area contributed by atoms with E-state index in [1.165, 1.54) is 38.2 Å². The van der Waals surface area contributed by atoms with Crippen LogP contribution < -0.4 is 0 Å². The number of nitrogens with zero attached hydrogens (tertiary/aromatic N) is 1. The molecule has 0 spiro atoms. The predicted octanol–water partition coefficient (Wildman–Crippen LogP) is 7.65. The first-order valence-corrected chi connectivity index (χ1v) is 10.1. The van der Waals surface area contributed by atoms with Crippen LogP contribution in [0.5, 0.6) is 0 Å². The Morgan fingerprint density at radius 2 is 1.29 bits per heavy atom. The van der Waals surface area contributed by atoms with Crippen molar-refractivity contribution in [2.24, 2.45) is 0 Å². The van der Waals surface area contributed by atoms with Crippen molar-refractivity contribution in [3.63, 3.8) is 0 Å². The molecule has 0 amide bonds. The second kappa shape index (κ2) is 6.44. The molecule has 1 heteroatoms. The molecule has 0 unspecified atom stereocenters. The van der Waals surface area contributed by atoms with Crippen LogP contribution in [0.4, 0.5) is 0 Å². The van der Waals surface area contributed by atoms with Gasteiger partial charge in [0.1, 0.15) is 0 Å². The van der Waals surface area contributed by atoms with E-state index in [1.54, 1.807) is 0 Å². The lowest BCUT2D eigenvalue weighted by Gasteiger charge is -2.20. The van der Waals surface area contributed by atoms with E-state index in [1.807, 2.05) is 6.20 Å². The highest BCUT2D eigenvalue weighted by Gasteiger charge is 2.17. The lowest BCUT2D eigenvalue weighted by molar-refractivity contribution is 0.590. The topological polar surface area (TPSA) is 12.9 Å². The van der Waals surface area contributed by atoms with Gasteiger partial charge in [-0.05, 0) is 50.2 Å². The van der Waals surface area contributed by atoms with Crippen LogP contribution in [0.25, 0.3) is 32.8 Å². The highest BCUT2D eigenvalue weighted by Crippen LogP contribution is 2.35. The summed E-state index contributed by atoms with van der Waals surface area (Å²) in [4.78, 5) is 4.76. The molecule has 0 bridgehead atoms. The van der Waals surface area contributed by atoms with Crippen molar-refractivity contribution in [3.05, 3.63) is 78.0 Å². The molecule has 0 atom stereocenters. The summed E-state index contributed by atoms with van der Waals surface area (Å²) < 4.78 is 0. The van der Waals surface area contributed by atoms with E-state index in [0.717, 1.165) is 5.69 Å². The van der Waals surface area contributed by atoms with Crippen molar-refractivity contribution < 1.29 is 0 Å². The van der Waals surface area contributed by atoms with E-state index in [2.05, 4.69) is 102 Å². The van der Waals surface area contributed by atoms with Gasteiger partial charge in [0.25, 0.3) is 0 Å². The molecule has 0 saturated carbocycles. The largest absolute Gasteiger partial charge is 0.256 e. The summed E-state index contributed by atoms with van der Waals surface area (Å²) >= 11 is 0. The molecule has 4 aromatic rings. The van der Waals surface area contributed by atoms with Gasteiger partial charge >= 0.3 is 0 Å². The van der Waals surface area contributed by atoms with Crippen molar-refractivity contribution in [2.75, 3.05) is 0 Å². The van der Waals surface area contributed by atoms with Gasteiger partial charge in [-0.25, -0.2) is 0 Å². The molecule has 4 rings (SSSR count). The van der Waals surface area contributed by atoms with Gasteiger partial charge in [0.05, 0.1) is 5.69 Å². The molecule has 0 saturated heterocycles. The number of fused-ring (bicyclic) bond motifs is 3. The quantitative estimate of drug-likeness (QED) is 0.315. The molecular formula is C27H29N. The van der Waals surface area contributed by atoms with Crippen LogP contribution in [-0.4, -0.2) is 4.98 Å². The summed E-state index contributed by atoms with van der Waals surface area (Å²) in [6, 6.07) is 22.3. The minimum Gasteiger partial charge on any atom is -0.256 e. The van der Waals surface area contributed by atoms with Crippen molar-refractivity contribution in [2.45, 2.75) is 52.4 Å². The van der Waals surface area contributed by atoms with Gasteiger partial charge in [-0.1, -0.05) is 90.1 Å². The molecule has 1 aromatic heterocycles. The van der Waals surface area contributed by atoms with Crippen LogP contribution >= 0.6 is 0 Å². The van der Waals surface area contributed by atoms with Crippen LogP contribution in [0.15, 0.2) is 66.9 Å². The first-order chi connectivity index (χ1) is 13.1. The number of hydrogen-bond acceptors (Lipinski definition) is 1. The first-order valence-electron chi connectivity index (χ1n) is 10.1. The third-order valence-corrected chi connectivity index (χ3v) is 5.63. The van der Waals surface area contributed by atoms with Crippen LogP contribution in [0.3, 0.4) is 0 Å². The predicted molar refractivity (Wildman–Crippen MR) is 122 cm³/mol. The van der Waals surface area contributed by atoms with Crippen molar-refractivity contribution in [3.8, 4) is 11.3 Å². The smallest absolute Gasteiger partial charge is 0.0780 e. The average Bonchev–Trinajstić information content (AvgIpc) is 2.65. The molecule has 0 aliphatic heterocycles. The number of rotatable bonds is 1. The van der Waals surface area contributed by atoms with Gasteiger partial charge in [0.2, 0.25) is 0 Å². The maximum absolute atomic E-state index is 4.76. The Hall–Kier alpha value is -2.67. The summed E-state index contributed by atoms with van der Waals surface area (Å²) in [5.74, 6) is 0. The molecule has 0 aliphatic carbocycles. The van der Waals surface area contributed by atoms with Gasteiger partial charge in [-0.3, -0.25) is 4.98 Å². The van der Waals surface area contributed by atoms with E-state index in [9.17, 15) is 0 Å². The summed E-state index contributed by atoms with van der Waals surface area (Å²) in [6.45, 7) is 13.5. The fraction of sp³-hybridized carbons (Fsp3) is 0.296. The third kappa shape index (κ3) is 3.30. The molecule has 1 heterocycles. The maximum atomic E-state index is 4.76. The summed E-state index contributed by atoms with van der Waals surface area (Å²) in [6.07, 6.45) is 1.94. The van der Waals surface area contributed by atoms with Crippen LogP contribution in [0, 0.1) is 0 Å². The van der Waals surface area contributed by atoms with Crippen molar-refractivity contribution in [1.82, 2.24) is 4.98 Å². The lowest BCUT2D eigenvalue weighted by Crippen LogP contribution is -2.10. The van der Waals surface area contributed by atoms with Crippen LogP contribution in [0.1, 0.15) is 52.7 Å². The van der Waals surface area contributed by atoms with Gasteiger partial charge in [0, 0.05) is 17.1 Å². The fourth-order valence-electron chi connectivity index (χ4n) is 3.83. The molecule has 3 aromatic carbocycles. The highest BCUT2D eigenvalue weighted by molar-refractivity contribution is 6.11. The van der Waals surface area contributed by atoms with E-state index in [-0.39, 0.29) is 10.8 Å². The second-order valence-electron chi connectivity index (χ2n) is 9.84. The zero-order valence-corrected chi connectivity index (χ0v) is 17.8. The summed E-state index contributed by atoms with van der Waals surface area (Å²) in [5.41, 5.74) is 5.22. The molecule has 0 radical (unpaired) electrons. The van der Waals surface area contributed by atoms with Gasteiger partial charge in [-0.15, -0.1) is 0 Å². The number of pyridine rings is 1. The minimum atomic E-state index is 0.122. The first kappa shape index (κ1) is 18.7. The number of benzene rings is 3. The standard InChI is InChI=1S/C27H29N/c1-26(2,3)20-9-7-8-19(17-20)25-24-12-10-18-16-21(27(4,5)6)11-13-22(18)23(24)14-15-28-25/h7-17H,1-6H3. The fourth-order valence-corrected chi connectivity index (χ4v) is 3.83. The minimum absolute atomic E-state index is 0.122. The zero-order valence-electron chi connectivity index (χ0n) is 17.8. The zero-order chi connectivity index (χ0) is 20.1. The molecule has 1 nitrogen and oxygen atoms in total. The normalized spacial score (nSPS) is 12.6. The van der Waals surface area contributed by atoms with Crippen molar-refractivity contribution >= 4 is 21.5 Å². The van der Waals surface area contributed by atoms with Crippen molar-refractivity contribution in [1.29, 1.82) is 0 Å². The van der Waals surface area contributed by atoms with Gasteiger partial charge < -0.3 is 0 Å². The molecular weight excluding hydrogens is 338 g/mol. The number of hydrogen-bond donors (Lipinski definition) is 0. The van der Waals surface area contributed by atoms with Gasteiger partial charge in [-0.2, -0.15) is 0 Å². The van der Waals surface area contributed by atoms with Crippen LogP contribution in [-0.2, 0) is 10.8 Å². The van der Waals surface area contributed by atoms with E-state index in [4.69, 9.17) is 4.98 Å². The Balaban J connectivity index is 1.94. The Labute approximate surface area is 168 Å².